The highest BCUT2D eigenvalue weighted by Gasteiger charge is 2.30. The number of methoxy groups -OCH3 is 3. The summed E-state index contributed by atoms with van der Waals surface area (Å²) in [5.41, 5.74) is 0.333. The first-order valence-electron chi connectivity index (χ1n) is 9.95. The average molecular weight is 493 g/mol. The van der Waals surface area contributed by atoms with Crippen LogP contribution in [0.1, 0.15) is 10.4 Å². The number of fused-ring (bicyclic) bond motifs is 1. The summed E-state index contributed by atoms with van der Waals surface area (Å²) in [4.78, 5) is 32.5. The van der Waals surface area contributed by atoms with Crippen molar-refractivity contribution in [2.75, 3.05) is 52.4 Å². The number of nitro groups is 1. The first-order valence-corrected chi connectivity index (χ1v) is 11.1. The normalized spacial score (nSPS) is 13.8. The van der Waals surface area contributed by atoms with Crippen molar-refractivity contribution >= 4 is 49.9 Å². The summed E-state index contributed by atoms with van der Waals surface area (Å²) in [7, 11) is 4.38. The predicted molar refractivity (Wildman–Crippen MR) is 125 cm³/mol. The van der Waals surface area contributed by atoms with E-state index in [0.717, 1.165) is 9.83 Å². The van der Waals surface area contributed by atoms with E-state index in [4.69, 9.17) is 25.8 Å². The van der Waals surface area contributed by atoms with Gasteiger partial charge in [-0.3, -0.25) is 14.9 Å². The molecule has 1 saturated heterocycles. The zero-order valence-electron chi connectivity index (χ0n) is 18.2. The van der Waals surface area contributed by atoms with Gasteiger partial charge < -0.3 is 24.0 Å². The summed E-state index contributed by atoms with van der Waals surface area (Å²) in [5.74, 6) is 0.656. The summed E-state index contributed by atoms with van der Waals surface area (Å²) in [6, 6.07) is 6.12. The van der Waals surface area contributed by atoms with Gasteiger partial charge in [0.05, 0.1) is 42.0 Å². The molecule has 0 radical (unpaired) electrons. The first-order chi connectivity index (χ1) is 15.9. The maximum Gasteiger partial charge on any atom is 0.286 e. The monoisotopic (exact) mass is 492 g/mol. The van der Waals surface area contributed by atoms with E-state index in [1.165, 1.54) is 37.7 Å². The number of piperazine rings is 1. The topological polar surface area (TPSA) is 107 Å². The van der Waals surface area contributed by atoms with Crippen molar-refractivity contribution in [3.8, 4) is 17.2 Å². The zero-order chi connectivity index (χ0) is 23.7. The lowest BCUT2D eigenvalue weighted by Gasteiger charge is -2.34. The van der Waals surface area contributed by atoms with Crippen LogP contribution in [0, 0.1) is 10.1 Å². The largest absolute Gasteiger partial charge is 0.494 e. The molecule has 0 aliphatic carbocycles. The molecule has 12 heteroatoms. The van der Waals surface area contributed by atoms with Crippen LogP contribution in [0.3, 0.4) is 0 Å². The van der Waals surface area contributed by atoms with Gasteiger partial charge in [-0.25, -0.2) is 4.98 Å². The van der Waals surface area contributed by atoms with Crippen LogP contribution in [0.4, 0.5) is 10.8 Å². The molecule has 0 N–H and O–H groups in total. The van der Waals surface area contributed by atoms with Crippen LogP contribution in [-0.4, -0.2) is 68.2 Å². The number of aromatic nitrogens is 1. The van der Waals surface area contributed by atoms with Crippen LogP contribution in [0.25, 0.3) is 10.2 Å². The molecule has 2 heterocycles. The van der Waals surface area contributed by atoms with Gasteiger partial charge in [-0.05, 0) is 12.1 Å². The van der Waals surface area contributed by atoms with Crippen molar-refractivity contribution in [3.63, 3.8) is 0 Å². The molecule has 1 amide bonds. The molecule has 174 valence electrons. The Bertz CT molecular complexity index is 1230. The summed E-state index contributed by atoms with van der Waals surface area (Å²) < 4.78 is 16.6. The third-order valence-electron chi connectivity index (χ3n) is 5.43. The summed E-state index contributed by atoms with van der Waals surface area (Å²) in [5, 5.41) is 13.0. The molecule has 0 unspecified atom stereocenters. The molecule has 33 heavy (non-hydrogen) atoms. The van der Waals surface area contributed by atoms with Crippen LogP contribution in [0.5, 0.6) is 17.2 Å². The minimum Gasteiger partial charge on any atom is -0.494 e. The van der Waals surface area contributed by atoms with Crippen LogP contribution in [0.15, 0.2) is 24.3 Å². The van der Waals surface area contributed by atoms with Gasteiger partial charge in [-0.15, -0.1) is 0 Å². The number of hydrogen-bond donors (Lipinski definition) is 0. The van der Waals surface area contributed by atoms with Gasteiger partial charge in [-0.2, -0.15) is 0 Å². The number of amides is 1. The molecule has 0 bridgehead atoms. The van der Waals surface area contributed by atoms with Gasteiger partial charge in [0.15, 0.2) is 16.6 Å². The third-order valence-corrected chi connectivity index (χ3v) is 7.01. The number of anilines is 1. The van der Waals surface area contributed by atoms with Gasteiger partial charge in [-0.1, -0.05) is 22.9 Å². The Labute approximate surface area is 198 Å². The number of nitrogens with zero attached hydrogens (tertiary/aromatic N) is 4. The Hall–Kier alpha value is -3.31. The number of thiazole rings is 1. The number of carbonyl (C=O) groups is 1. The van der Waals surface area contributed by atoms with E-state index in [-0.39, 0.29) is 22.7 Å². The van der Waals surface area contributed by atoms with Gasteiger partial charge in [0.2, 0.25) is 0 Å². The van der Waals surface area contributed by atoms with Gasteiger partial charge >= 0.3 is 0 Å². The highest BCUT2D eigenvalue weighted by atomic mass is 35.5. The van der Waals surface area contributed by atoms with Gasteiger partial charge in [0, 0.05) is 32.2 Å². The van der Waals surface area contributed by atoms with Crippen LogP contribution in [0.2, 0.25) is 5.02 Å². The molecule has 10 nitrogen and oxygen atoms in total. The number of rotatable bonds is 6. The van der Waals surface area contributed by atoms with Crippen molar-refractivity contribution in [2.24, 2.45) is 0 Å². The third kappa shape index (κ3) is 4.21. The number of halogens is 1. The SMILES string of the molecule is COc1cc(C(=O)N2CCN(c3nc4c(OC)ccc(Cl)c4s3)CC2)c([N+](=O)[O-])cc1OC. The maximum atomic E-state index is 13.2. The second-order valence-corrected chi connectivity index (χ2v) is 8.57. The standard InChI is InChI=1S/C21H21ClN4O6S/c1-30-15-5-4-13(22)19-18(15)23-21(33-19)25-8-6-24(7-9-25)20(27)12-10-16(31-2)17(32-3)11-14(12)26(28)29/h4-5,10-11H,6-9H2,1-3H3. The smallest absolute Gasteiger partial charge is 0.286 e. The fourth-order valence-corrected chi connectivity index (χ4v) is 5.01. The van der Waals surface area contributed by atoms with E-state index in [0.29, 0.717) is 42.5 Å². The van der Waals surface area contributed by atoms with Crippen LogP contribution in [-0.2, 0) is 0 Å². The minimum atomic E-state index is -0.594. The molecule has 3 aromatic rings. The Balaban J connectivity index is 1.55. The molecule has 0 saturated carbocycles. The van der Waals surface area contributed by atoms with Crippen molar-refractivity contribution < 1.29 is 23.9 Å². The second-order valence-electron chi connectivity index (χ2n) is 7.18. The Kier molecular flexibility index (Phi) is 6.43. The first kappa shape index (κ1) is 22.9. The molecular weight excluding hydrogens is 472 g/mol. The molecular formula is C21H21ClN4O6S. The summed E-state index contributed by atoms with van der Waals surface area (Å²) >= 11 is 7.79. The van der Waals surface area contributed by atoms with Crippen LogP contribution < -0.4 is 19.1 Å². The van der Waals surface area contributed by atoms with E-state index in [9.17, 15) is 14.9 Å². The molecule has 2 aromatic carbocycles. The van der Waals surface area contributed by atoms with Crippen molar-refractivity contribution in [1.29, 1.82) is 0 Å². The molecule has 1 aliphatic heterocycles. The highest BCUT2D eigenvalue weighted by molar-refractivity contribution is 7.22. The van der Waals surface area contributed by atoms with E-state index in [2.05, 4.69) is 9.88 Å². The molecule has 0 spiro atoms. The van der Waals surface area contributed by atoms with E-state index in [1.54, 1.807) is 24.1 Å². The predicted octanol–water partition coefficient (Wildman–Crippen LogP) is 3.85. The minimum absolute atomic E-state index is 0.0393. The van der Waals surface area contributed by atoms with E-state index in [1.807, 2.05) is 0 Å². The zero-order valence-corrected chi connectivity index (χ0v) is 19.7. The Morgan fingerprint density at radius 3 is 2.30 bits per heavy atom. The fourth-order valence-electron chi connectivity index (χ4n) is 3.70. The number of nitro benzene ring substituents is 1. The molecule has 1 aliphatic rings. The Morgan fingerprint density at radius 2 is 1.70 bits per heavy atom. The van der Waals surface area contributed by atoms with Crippen LogP contribution >= 0.6 is 22.9 Å². The average Bonchev–Trinajstić information content (AvgIpc) is 3.29. The maximum absolute atomic E-state index is 13.2. The molecule has 0 atom stereocenters. The van der Waals surface area contributed by atoms with E-state index >= 15 is 0 Å². The molecule has 1 aromatic heterocycles. The van der Waals surface area contributed by atoms with Crippen molar-refractivity contribution in [3.05, 3.63) is 45.0 Å². The fraction of sp³-hybridized carbons (Fsp3) is 0.333. The number of carbonyl (C=O) groups excluding carboxylic acids is 1. The number of ether oxygens (including phenoxy) is 3. The number of hydrogen-bond acceptors (Lipinski definition) is 9. The van der Waals surface area contributed by atoms with Crippen molar-refractivity contribution in [2.45, 2.75) is 0 Å². The number of benzene rings is 2. The summed E-state index contributed by atoms with van der Waals surface area (Å²) in [6.07, 6.45) is 0. The molecule has 1 fully saturated rings. The highest BCUT2D eigenvalue weighted by Crippen LogP contribution is 2.39. The van der Waals surface area contributed by atoms with Crippen molar-refractivity contribution in [1.82, 2.24) is 9.88 Å². The quantitative estimate of drug-likeness (QED) is 0.377. The molecule has 4 rings (SSSR count). The Morgan fingerprint density at radius 1 is 1.06 bits per heavy atom. The lowest BCUT2D eigenvalue weighted by molar-refractivity contribution is -0.385. The summed E-state index contributed by atoms with van der Waals surface area (Å²) in [6.45, 7) is 1.80. The second kappa shape index (κ2) is 9.28. The lowest BCUT2D eigenvalue weighted by Crippen LogP contribution is -2.48. The van der Waals surface area contributed by atoms with Gasteiger partial charge in [0.25, 0.3) is 11.6 Å². The van der Waals surface area contributed by atoms with E-state index < -0.39 is 10.8 Å². The van der Waals surface area contributed by atoms with Gasteiger partial charge in [0.1, 0.15) is 16.8 Å². The lowest BCUT2D eigenvalue weighted by atomic mass is 10.1.